The van der Waals surface area contributed by atoms with Crippen molar-refractivity contribution in [3.8, 4) is 0 Å². The van der Waals surface area contributed by atoms with Gasteiger partial charge in [0.15, 0.2) is 0 Å². The van der Waals surface area contributed by atoms with E-state index in [-0.39, 0.29) is 11.9 Å². The Morgan fingerprint density at radius 2 is 2.19 bits per heavy atom. The van der Waals surface area contributed by atoms with Crippen molar-refractivity contribution < 1.29 is 17.0 Å². The lowest BCUT2D eigenvalue weighted by Gasteiger charge is -2.23. The van der Waals surface area contributed by atoms with Crippen molar-refractivity contribution in [3.63, 3.8) is 0 Å². The van der Waals surface area contributed by atoms with E-state index in [1.165, 1.54) is 6.07 Å². The fourth-order valence-electron chi connectivity index (χ4n) is 2.06. The largest absolute Gasteiger partial charge is 0.267 e. The molecular formula is C11H13FO3S. The van der Waals surface area contributed by atoms with Crippen LogP contribution in [-0.4, -0.2) is 20.8 Å². The molecule has 0 saturated carbocycles. The van der Waals surface area contributed by atoms with Crippen LogP contribution in [0.1, 0.15) is 17.5 Å². The Morgan fingerprint density at radius 1 is 1.44 bits per heavy atom. The van der Waals surface area contributed by atoms with Crippen molar-refractivity contribution in [3.05, 3.63) is 35.1 Å². The molecule has 0 radical (unpaired) electrons. The van der Waals surface area contributed by atoms with Gasteiger partial charge < -0.3 is 0 Å². The SMILES string of the molecule is CS(=O)(=O)OC1CCc2c(F)cccc2C1. The van der Waals surface area contributed by atoms with Crippen LogP contribution in [0.25, 0.3) is 0 Å². The first-order chi connectivity index (χ1) is 7.46. The highest BCUT2D eigenvalue weighted by atomic mass is 32.2. The zero-order chi connectivity index (χ0) is 11.8. The van der Waals surface area contributed by atoms with Crippen molar-refractivity contribution in [2.45, 2.75) is 25.4 Å². The molecule has 0 bridgehead atoms. The Morgan fingerprint density at radius 3 is 2.88 bits per heavy atom. The van der Waals surface area contributed by atoms with Crippen molar-refractivity contribution in [1.82, 2.24) is 0 Å². The maximum atomic E-state index is 13.4. The van der Waals surface area contributed by atoms with E-state index in [0.717, 1.165) is 11.8 Å². The van der Waals surface area contributed by atoms with Crippen molar-refractivity contribution >= 4 is 10.1 Å². The first kappa shape index (κ1) is 11.5. The van der Waals surface area contributed by atoms with Gasteiger partial charge in [-0.15, -0.1) is 0 Å². The Kier molecular flexibility index (Phi) is 2.99. The van der Waals surface area contributed by atoms with Crippen molar-refractivity contribution in [2.75, 3.05) is 6.26 Å². The molecule has 88 valence electrons. The molecule has 1 unspecified atom stereocenters. The van der Waals surface area contributed by atoms with Crippen LogP contribution in [0.2, 0.25) is 0 Å². The molecule has 3 nitrogen and oxygen atoms in total. The highest BCUT2D eigenvalue weighted by molar-refractivity contribution is 7.86. The molecule has 1 aromatic rings. The standard InChI is InChI=1S/C11H13FO3S/c1-16(13,14)15-9-5-6-10-8(7-9)3-2-4-11(10)12/h2-4,9H,5-7H2,1H3. The number of benzene rings is 1. The molecular weight excluding hydrogens is 231 g/mol. The van der Waals surface area contributed by atoms with Gasteiger partial charge in [-0.1, -0.05) is 12.1 Å². The molecule has 0 N–H and O–H groups in total. The third kappa shape index (κ3) is 2.59. The lowest BCUT2D eigenvalue weighted by Crippen LogP contribution is -2.25. The Labute approximate surface area is 94.4 Å². The summed E-state index contributed by atoms with van der Waals surface area (Å²) in [4.78, 5) is 0. The number of halogens is 1. The molecule has 1 aliphatic rings. The third-order valence-electron chi connectivity index (χ3n) is 2.69. The van der Waals surface area contributed by atoms with Crippen LogP contribution in [0.3, 0.4) is 0 Å². The van der Waals surface area contributed by atoms with Gasteiger partial charge in [0.2, 0.25) is 0 Å². The van der Waals surface area contributed by atoms with Crippen LogP contribution in [0.15, 0.2) is 18.2 Å². The molecule has 0 saturated heterocycles. The summed E-state index contributed by atoms with van der Waals surface area (Å²) in [6.45, 7) is 0. The fourth-order valence-corrected chi connectivity index (χ4v) is 2.72. The summed E-state index contributed by atoms with van der Waals surface area (Å²) < 4.78 is 40.3. The second-order valence-electron chi connectivity index (χ2n) is 4.04. The number of rotatable bonds is 2. The van der Waals surface area contributed by atoms with E-state index in [4.69, 9.17) is 4.18 Å². The van der Waals surface area contributed by atoms with E-state index in [1.807, 2.05) is 6.07 Å². The molecule has 0 heterocycles. The van der Waals surface area contributed by atoms with Crippen molar-refractivity contribution in [1.29, 1.82) is 0 Å². The van der Waals surface area contributed by atoms with Crippen LogP contribution in [0.5, 0.6) is 0 Å². The van der Waals surface area contributed by atoms with Crippen LogP contribution in [0.4, 0.5) is 4.39 Å². The van der Waals surface area contributed by atoms with Crippen LogP contribution >= 0.6 is 0 Å². The van der Waals surface area contributed by atoms with Crippen LogP contribution in [-0.2, 0) is 27.1 Å². The molecule has 2 rings (SSSR count). The maximum Gasteiger partial charge on any atom is 0.264 e. The monoisotopic (exact) mass is 244 g/mol. The number of fused-ring (bicyclic) bond motifs is 1. The van der Waals surface area contributed by atoms with E-state index in [1.54, 1.807) is 6.07 Å². The van der Waals surface area contributed by atoms with Gasteiger partial charge in [-0.2, -0.15) is 8.42 Å². The normalized spacial score (nSPS) is 20.5. The van der Waals surface area contributed by atoms with E-state index in [0.29, 0.717) is 24.8 Å². The topological polar surface area (TPSA) is 43.4 Å². The molecule has 5 heteroatoms. The highest BCUT2D eigenvalue weighted by Gasteiger charge is 2.24. The minimum Gasteiger partial charge on any atom is -0.267 e. The lowest BCUT2D eigenvalue weighted by molar-refractivity contribution is 0.193. The first-order valence-corrected chi connectivity index (χ1v) is 6.92. The van der Waals surface area contributed by atoms with Gasteiger partial charge in [0.25, 0.3) is 10.1 Å². The van der Waals surface area contributed by atoms with Gasteiger partial charge in [0.1, 0.15) is 5.82 Å². The second kappa shape index (κ2) is 4.14. The van der Waals surface area contributed by atoms with Crippen LogP contribution < -0.4 is 0 Å². The number of hydrogen-bond donors (Lipinski definition) is 0. The summed E-state index contributed by atoms with van der Waals surface area (Å²) in [5, 5.41) is 0. The summed E-state index contributed by atoms with van der Waals surface area (Å²) in [6.07, 6.45) is 2.21. The minimum atomic E-state index is -3.43. The predicted octanol–water partition coefficient (Wildman–Crippen LogP) is 1.66. The Bertz CT molecular complexity index is 496. The van der Waals surface area contributed by atoms with Gasteiger partial charge >= 0.3 is 0 Å². The summed E-state index contributed by atoms with van der Waals surface area (Å²) in [5.41, 5.74) is 1.54. The fraction of sp³-hybridized carbons (Fsp3) is 0.455. The summed E-state index contributed by atoms with van der Waals surface area (Å²) in [5.74, 6) is -0.213. The highest BCUT2D eigenvalue weighted by Crippen LogP contribution is 2.25. The van der Waals surface area contributed by atoms with Gasteiger partial charge in [0.05, 0.1) is 12.4 Å². The zero-order valence-electron chi connectivity index (χ0n) is 8.94. The average molecular weight is 244 g/mol. The maximum absolute atomic E-state index is 13.4. The summed E-state index contributed by atoms with van der Waals surface area (Å²) in [7, 11) is -3.43. The summed E-state index contributed by atoms with van der Waals surface area (Å²) >= 11 is 0. The molecule has 0 spiro atoms. The molecule has 16 heavy (non-hydrogen) atoms. The lowest BCUT2D eigenvalue weighted by atomic mass is 9.89. The molecule has 1 atom stereocenters. The van der Waals surface area contributed by atoms with E-state index >= 15 is 0 Å². The van der Waals surface area contributed by atoms with Crippen LogP contribution in [0, 0.1) is 5.82 Å². The molecule has 0 aromatic heterocycles. The Hall–Kier alpha value is -0.940. The quantitative estimate of drug-likeness (QED) is 0.743. The Balaban J connectivity index is 2.19. The zero-order valence-corrected chi connectivity index (χ0v) is 9.76. The van der Waals surface area contributed by atoms with Gasteiger partial charge in [0, 0.05) is 6.42 Å². The van der Waals surface area contributed by atoms with E-state index < -0.39 is 10.1 Å². The average Bonchev–Trinajstić information content (AvgIpc) is 2.15. The third-order valence-corrected chi connectivity index (χ3v) is 3.31. The second-order valence-corrected chi connectivity index (χ2v) is 5.64. The molecule has 0 fully saturated rings. The smallest absolute Gasteiger partial charge is 0.264 e. The number of hydrogen-bond acceptors (Lipinski definition) is 3. The van der Waals surface area contributed by atoms with E-state index in [9.17, 15) is 12.8 Å². The van der Waals surface area contributed by atoms with E-state index in [2.05, 4.69) is 0 Å². The van der Waals surface area contributed by atoms with Gasteiger partial charge in [-0.3, -0.25) is 4.18 Å². The van der Waals surface area contributed by atoms with Gasteiger partial charge in [-0.25, -0.2) is 4.39 Å². The van der Waals surface area contributed by atoms with Gasteiger partial charge in [-0.05, 0) is 30.0 Å². The summed E-state index contributed by atoms with van der Waals surface area (Å²) in [6, 6.07) is 4.88. The first-order valence-electron chi connectivity index (χ1n) is 5.10. The molecule has 1 aliphatic carbocycles. The molecule has 0 amide bonds. The van der Waals surface area contributed by atoms with Crippen molar-refractivity contribution in [2.24, 2.45) is 0 Å². The minimum absolute atomic E-state index is 0.213. The molecule has 1 aromatic carbocycles. The molecule has 0 aliphatic heterocycles. The predicted molar refractivity (Wildman–Crippen MR) is 58.1 cm³/mol.